The third-order valence-corrected chi connectivity index (χ3v) is 3.84. The van der Waals surface area contributed by atoms with Crippen LogP contribution in [0.5, 0.6) is 5.75 Å². The van der Waals surface area contributed by atoms with Crippen LogP contribution in [-0.4, -0.2) is 24.1 Å². The molecule has 1 saturated heterocycles. The Bertz CT molecular complexity index is 498. The molecule has 0 spiro atoms. The zero-order valence-electron chi connectivity index (χ0n) is 10.4. The van der Waals surface area contributed by atoms with E-state index >= 15 is 0 Å². The van der Waals surface area contributed by atoms with Crippen molar-refractivity contribution in [3.8, 4) is 5.75 Å². The molecule has 0 amide bonds. The highest BCUT2D eigenvalue weighted by Crippen LogP contribution is 2.34. The summed E-state index contributed by atoms with van der Waals surface area (Å²) in [7, 11) is 0. The zero-order valence-corrected chi connectivity index (χ0v) is 11.9. The van der Waals surface area contributed by atoms with Crippen LogP contribution in [0.2, 0.25) is 0 Å². The molecule has 2 atom stereocenters. The number of nitrogens with zero attached hydrogens (tertiary/aromatic N) is 1. The number of nitro benzene ring substituents is 1. The Morgan fingerprint density at radius 1 is 1.58 bits per heavy atom. The van der Waals surface area contributed by atoms with Gasteiger partial charge in [0.05, 0.1) is 15.5 Å². The summed E-state index contributed by atoms with van der Waals surface area (Å²) in [5, 5.41) is 14.1. The van der Waals surface area contributed by atoms with E-state index in [0.717, 1.165) is 19.0 Å². The van der Waals surface area contributed by atoms with Crippen molar-refractivity contribution >= 4 is 21.6 Å². The molecule has 1 aromatic carbocycles. The molecule has 1 heterocycles. The average Bonchev–Trinajstić information content (AvgIpc) is 2.36. The second kappa shape index (κ2) is 5.83. The van der Waals surface area contributed by atoms with E-state index in [1.807, 2.05) is 6.92 Å². The lowest BCUT2D eigenvalue weighted by Crippen LogP contribution is -2.42. The molecular formula is C12H14BrFN2O3. The molecule has 2 rings (SSSR count). The van der Waals surface area contributed by atoms with Crippen molar-refractivity contribution in [2.45, 2.75) is 19.4 Å². The monoisotopic (exact) mass is 332 g/mol. The molecule has 5 nitrogen and oxygen atoms in total. The first-order valence-electron chi connectivity index (χ1n) is 6.00. The second-order valence-electron chi connectivity index (χ2n) is 4.62. The number of benzene rings is 1. The quantitative estimate of drug-likeness (QED) is 0.682. The smallest absolute Gasteiger partial charge is 0.313 e. The molecule has 104 valence electrons. The van der Waals surface area contributed by atoms with E-state index in [1.165, 1.54) is 6.07 Å². The van der Waals surface area contributed by atoms with Crippen LogP contribution in [0.15, 0.2) is 16.6 Å². The molecule has 0 saturated carbocycles. The van der Waals surface area contributed by atoms with Gasteiger partial charge in [-0.1, -0.05) is 6.92 Å². The first-order chi connectivity index (χ1) is 8.99. The maximum atomic E-state index is 13.4. The van der Waals surface area contributed by atoms with Crippen molar-refractivity contribution in [3.05, 3.63) is 32.5 Å². The van der Waals surface area contributed by atoms with E-state index in [4.69, 9.17) is 4.74 Å². The lowest BCUT2D eigenvalue weighted by atomic mass is 9.97. The number of nitrogens with one attached hydrogen (secondary N) is 1. The van der Waals surface area contributed by atoms with Crippen LogP contribution in [0.25, 0.3) is 0 Å². The minimum Gasteiger partial charge on any atom is -0.482 e. The molecule has 1 N–H and O–H groups in total. The zero-order chi connectivity index (χ0) is 14.0. The van der Waals surface area contributed by atoms with Crippen LogP contribution < -0.4 is 10.1 Å². The Kier molecular flexibility index (Phi) is 4.36. The van der Waals surface area contributed by atoms with Gasteiger partial charge in [-0.25, -0.2) is 4.39 Å². The van der Waals surface area contributed by atoms with Gasteiger partial charge in [-0.15, -0.1) is 0 Å². The highest BCUT2D eigenvalue weighted by Gasteiger charge is 2.27. The Morgan fingerprint density at radius 2 is 2.32 bits per heavy atom. The fourth-order valence-electron chi connectivity index (χ4n) is 2.04. The highest BCUT2D eigenvalue weighted by molar-refractivity contribution is 9.10. The second-order valence-corrected chi connectivity index (χ2v) is 5.47. The van der Waals surface area contributed by atoms with Gasteiger partial charge in [0.2, 0.25) is 0 Å². The van der Waals surface area contributed by atoms with Gasteiger partial charge in [-0.05, 0) is 34.8 Å². The average molecular weight is 333 g/mol. The Labute approximate surface area is 118 Å². The van der Waals surface area contributed by atoms with Crippen LogP contribution in [-0.2, 0) is 0 Å². The van der Waals surface area contributed by atoms with Crippen molar-refractivity contribution in [2.24, 2.45) is 5.92 Å². The summed E-state index contributed by atoms with van der Waals surface area (Å²) in [6.45, 7) is 3.58. The standard InChI is InChI=1S/C12H14BrFN2O3/c1-7-2-3-15-6-12(7)19-11-4-8(13)9(14)5-10(11)16(17)18/h4-5,7,12,15H,2-3,6H2,1H3. The number of nitro groups is 1. The molecule has 7 heteroatoms. The van der Waals surface area contributed by atoms with Gasteiger partial charge in [0, 0.05) is 12.6 Å². The minimum absolute atomic E-state index is 0.0961. The molecule has 1 aliphatic rings. The van der Waals surface area contributed by atoms with E-state index in [1.54, 1.807) is 0 Å². The number of piperidine rings is 1. The summed E-state index contributed by atoms with van der Waals surface area (Å²) in [6.07, 6.45) is 0.797. The third-order valence-electron chi connectivity index (χ3n) is 3.23. The van der Waals surface area contributed by atoms with Crippen LogP contribution >= 0.6 is 15.9 Å². The first-order valence-corrected chi connectivity index (χ1v) is 6.79. The summed E-state index contributed by atoms with van der Waals surface area (Å²) in [6, 6.07) is 2.19. The van der Waals surface area contributed by atoms with Gasteiger partial charge >= 0.3 is 5.69 Å². The molecular weight excluding hydrogens is 319 g/mol. The van der Waals surface area contributed by atoms with Gasteiger partial charge in [0.1, 0.15) is 11.9 Å². The van der Waals surface area contributed by atoms with Crippen molar-refractivity contribution in [2.75, 3.05) is 13.1 Å². The van der Waals surface area contributed by atoms with E-state index in [9.17, 15) is 14.5 Å². The molecule has 1 aliphatic heterocycles. The summed E-state index contributed by atoms with van der Waals surface area (Å²) >= 11 is 3.02. The lowest BCUT2D eigenvalue weighted by molar-refractivity contribution is -0.386. The predicted molar refractivity (Wildman–Crippen MR) is 71.8 cm³/mol. The van der Waals surface area contributed by atoms with Crippen LogP contribution in [0.1, 0.15) is 13.3 Å². The number of rotatable bonds is 3. The summed E-state index contributed by atoms with van der Waals surface area (Å²) in [5.74, 6) is -0.280. The molecule has 0 radical (unpaired) electrons. The topological polar surface area (TPSA) is 64.4 Å². The SMILES string of the molecule is CC1CCNCC1Oc1cc(Br)c(F)cc1[N+](=O)[O-]. The van der Waals surface area contributed by atoms with Crippen molar-refractivity contribution in [3.63, 3.8) is 0 Å². The van der Waals surface area contributed by atoms with Gasteiger partial charge in [0.15, 0.2) is 5.75 Å². The fourth-order valence-corrected chi connectivity index (χ4v) is 2.36. The van der Waals surface area contributed by atoms with Crippen molar-refractivity contribution < 1.29 is 14.1 Å². The molecule has 0 aromatic heterocycles. The fraction of sp³-hybridized carbons (Fsp3) is 0.500. The molecule has 1 aromatic rings. The number of halogens is 2. The maximum absolute atomic E-state index is 13.4. The largest absolute Gasteiger partial charge is 0.482 e. The maximum Gasteiger partial charge on any atom is 0.313 e. The van der Waals surface area contributed by atoms with Crippen LogP contribution in [0, 0.1) is 21.8 Å². The number of hydrogen-bond acceptors (Lipinski definition) is 4. The predicted octanol–water partition coefficient (Wildman–Crippen LogP) is 2.87. The van der Waals surface area contributed by atoms with Gasteiger partial charge < -0.3 is 10.1 Å². The summed E-state index contributed by atoms with van der Waals surface area (Å²) in [5.41, 5.74) is -0.349. The number of ether oxygens (including phenoxy) is 1. The van der Waals surface area contributed by atoms with E-state index in [-0.39, 0.29) is 22.0 Å². The Balaban J connectivity index is 2.27. The minimum atomic E-state index is -0.672. The van der Waals surface area contributed by atoms with E-state index < -0.39 is 10.7 Å². The third kappa shape index (κ3) is 3.22. The molecule has 2 unspecified atom stereocenters. The van der Waals surface area contributed by atoms with Gasteiger partial charge in [-0.3, -0.25) is 10.1 Å². The van der Waals surface area contributed by atoms with Crippen molar-refractivity contribution in [1.29, 1.82) is 0 Å². The van der Waals surface area contributed by atoms with E-state index in [0.29, 0.717) is 12.5 Å². The van der Waals surface area contributed by atoms with Crippen LogP contribution in [0.4, 0.5) is 10.1 Å². The van der Waals surface area contributed by atoms with Gasteiger partial charge in [-0.2, -0.15) is 0 Å². The van der Waals surface area contributed by atoms with Crippen molar-refractivity contribution in [1.82, 2.24) is 5.32 Å². The van der Waals surface area contributed by atoms with E-state index in [2.05, 4.69) is 21.2 Å². The highest BCUT2D eigenvalue weighted by atomic mass is 79.9. The molecule has 0 aliphatic carbocycles. The summed E-state index contributed by atoms with van der Waals surface area (Å²) in [4.78, 5) is 10.3. The Hall–Kier alpha value is -1.21. The lowest BCUT2D eigenvalue weighted by Gasteiger charge is -2.29. The molecule has 0 bridgehead atoms. The first kappa shape index (κ1) is 14.2. The summed E-state index contributed by atoms with van der Waals surface area (Å²) < 4.78 is 19.2. The van der Waals surface area contributed by atoms with Gasteiger partial charge in [0.25, 0.3) is 0 Å². The number of hydrogen-bond donors (Lipinski definition) is 1. The van der Waals surface area contributed by atoms with Crippen LogP contribution in [0.3, 0.4) is 0 Å². The molecule has 19 heavy (non-hydrogen) atoms. The normalized spacial score (nSPS) is 23.1. The molecule has 1 fully saturated rings. The Morgan fingerprint density at radius 3 is 2.95 bits per heavy atom.